The first-order chi connectivity index (χ1) is 5.99. The molecule has 1 amide bonds. The van der Waals surface area contributed by atoms with Crippen molar-refractivity contribution in [2.24, 2.45) is 0 Å². The van der Waals surface area contributed by atoms with Gasteiger partial charge in [-0.15, -0.1) is 6.58 Å². The number of hydrogen-bond donors (Lipinski definition) is 0. The first-order valence-electron chi connectivity index (χ1n) is 4.39. The third-order valence-electron chi connectivity index (χ3n) is 2.28. The number of carbonyl (C=O) groups excluding carboxylic acids is 1. The second-order valence-electron chi connectivity index (χ2n) is 3.70. The van der Waals surface area contributed by atoms with Gasteiger partial charge in [-0.1, -0.05) is 6.08 Å². The summed E-state index contributed by atoms with van der Waals surface area (Å²) < 4.78 is 5.50. The molecule has 3 heteroatoms. The number of hydrogen-bond acceptors (Lipinski definition) is 2. The summed E-state index contributed by atoms with van der Waals surface area (Å²) in [5, 5.41) is 0. The number of nitrogens with zero attached hydrogens (tertiary/aromatic N) is 1. The van der Waals surface area contributed by atoms with Gasteiger partial charge in [0.25, 0.3) is 0 Å². The van der Waals surface area contributed by atoms with Crippen LogP contribution >= 0.6 is 0 Å². The summed E-state index contributed by atoms with van der Waals surface area (Å²) in [5.41, 5.74) is -0.521. The second-order valence-corrected chi connectivity index (χ2v) is 3.70. The lowest BCUT2D eigenvalue weighted by atomic mass is 10.1. The third kappa shape index (κ3) is 1.91. The zero-order valence-electron chi connectivity index (χ0n) is 8.25. The van der Waals surface area contributed by atoms with Crippen LogP contribution in [0.5, 0.6) is 0 Å². The molecule has 0 aromatic heterocycles. The van der Waals surface area contributed by atoms with Gasteiger partial charge < -0.3 is 9.64 Å². The predicted octanol–water partition coefficient (Wildman–Crippen LogP) is 1.36. The lowest BCUT2D eigenvalue weighted by Gasteiger charge is -2.32. The Labute approximate surface area is 79.4 Å². The quantitative estimate of drug-likeness (QED) is 0.603. The van der Waals surface area contributed by atoms with E-state index in [0.29, 0.717) is 6.61 Å². The van der Waals surface area contributed by atoms with Crippen molar-refractivity contribution < 1.29 is 9.53 Å². The van der Waals surface area contributed by atoms with Gasteiger partial charge in [0.1, 0.15) is 5.72 Å². The lowest BCUT2D eigenvalue weighted by Crippen LogP contribution is -2.46. The molecule has 1 radical (unpaired) electrons. The summed E-state index contributed by atoms with van der Waals surface area (Å²) in [7, 11) is 0. The summed E-state index contributed by atoms with van der Waals surface area (Å²) in [6.07, 6.45) is 2.55. The molecule has 3 nitrogen and oxygen atoms in total. The average Bonchev–Trinajstić information content (AvgIpc) is 2.26. The fourth-order valence-corrected chi connectivity index (χ4v) is 1.75. The molecular formula is C10H16NO2. The number of ether oxygens (including phenoxy) is 1. The fraction of sp³-hybridized carbons (Fsp3) is 0.600. The monoisotopic (exact) mass is 182 g/mol. The summed E-state index contributed by atoms with van der Waals surface area (Å²) in [4.78, 5) is 12.9. The molecule has 1 heterocycles. The first-order valence-corrected chi connectivity index (χ1v) is 4.39. The van der Waals surface area contributed by atoms with Crippen LogP contribution in [0, 0.1) is 6.92 Å². The Balaban J connectivity index is 2.79. The molecule has 1 saturated heterocycles. The van der Waals surface area contributed by atoms with E-state index in [4.69, 9.17) is 4.74 Å². The Morgan fingerprint density at radius 2 is 2.38 bits per heavy atom. The van der Waals surface area contributed by atoms with Crippen molar-refractivity contribution in [2.75, 3.05) is 6.61 Å². The van der Waals surface area contributed by atoms with Crippen molar-refractivity contribution in [3.8, 4) is 0 Å². The van der Waals surface area contributed by atoms with Gasteiger partial charge in [-0.25, -0.2) is 0 Å². The van der Waals surface area contributed by atoms with Gasteiger partial charge in [-0.2, -0.15) is 0 Å². The highest BCUT2D eigenvalue weighted by Crippen LogP contribution is 2.28. The maximum atomic E-state index is 11.2. The molecule has 13 heavy (non-hydrogen) atoms. The van der Waals surface area contributed by atoms with Crippen LogP contribution in [0.15, 0.2) is 12.7 Å². The van der Waals surface area contributed by atoms with Crippen molar-refractivity contribution in [3.05, 3.63) is 19.6 Å². The average molecular weight is 182 g/mol. The van der Waals surface area contributed by atoms with Crippen LogP contribution in [0.1, 0.15) is 20.3 Å². The van der Waals surface area contributed by atoms with Crippen LogP contribution in [0.4, 0.5) is 0 Å². The van der Waals surface area contributed by atoms with Crippen molar-refractivity contribution >= 4 is 5.91 Å². The van der Waals surface area contributed by atoms with Crippen LogP contribution in [-0.2, 0) is 9.53 Å². The van der Waals surface area contributed by atoms with Gasteiger partial charge in [0, 0.05) is 6.92 Å². The normalized spacial score (nSPS) is 26.1. The van der Waals surface area contributed by atoms with Gasteiger partial charge in [-0.05, 0) is 20.3 Å². The summed E-state index contributed by atoms with van der Waals surface area (Å²) >= 11 is 0. The maximum Gasteiger partial charge on any atom is 0.225 e. The third-order valence-corrected chi connectivity index (χ3v) is 2.28. The minimum Gasteiger partial charge on any atom is -0.354 e. The molecule has 0 aromatic rings. The highest BCUT2D eigenvalue weighted by molar-refractivity contribution is 5.81. The van der Waals surface area contributed by atoms with E-state index in [2.05, 4.69) is 13.5 Å². The SMILES string of the molecule is [CH2]C(=O)N1[C@@H](CC=C)COC1(C)C. The van der Waals surface area contributed by atoms with Crippen LogP contribution in [0.2, 0.25) is 0 Å². The molecule has 1 aliphatic rings. The van der Waals surface area contributed by atoms with E-state index in [-0.39, 0.29) is 11.9 Å². The summed E-state index contributed by atoms with van der Waals surface area (Å²) in [6, 6.07) is 0.0949. The molecule has 1 fully saturated rings. The van der Waals surface area contributed by atoms with Gasteiger partial charge in [-0.3, -0.25) is 4.79 Å². The molecule has 0 saturated carbocycles. The maximum absolute atomic E-state index is 11.2. The summed E-state index contributed by atoms with van der Waals surface area (Å²) in [5.74, 6) is -0.186. The van der Waals surface area contributed by atoms with E-state index in [1.54, 1.807) is 11.0 Å². The summed E-state index contributed by atoms with van der Waals surface area (Å²) in [6.45, 7) is 11.4. The van der Waals surface area contributed by atoms with Crippen LogP contribution in [0.25, 0.3) is 0 Å². The Hall–Kier alpha value is -0.830. The zero-order valence-corrected chi connectivity index (χ0v) is 8.25. The molecule has 73 valence electrons. The second kappa shape index (κ2) is 3.50. The van der Waals surface area contributed by atoms with Crippen molar-refractivity contribution in [1.29, 1.82) is 0 Å². The number of carbonyl (C=O) groups is 1. The minimum absolute atomic E-state index is 0.0949. The van der Waals surface area contributed by atoms with E-state index < -0.39 is 5.72 Å². The van der Waals surface area contributed by atoms with E-state index >= 15 is 0 Å². The van der Waals surface area contributed by atoms with Crippen molar-refractivity contribution in [1.82, 2.24) is 4.90 Å². The largest absolute Gasteiger partial charge is 0.354 e. The number of rotatable bonds is 2. The van der Waals surface area contributed by atoms with Crippen LogP contribution in [0.3, 0.4) is 0 Å². The smallest absolute Gasteiger partial charge is 0.225 e. The van der Waals surface area contributed by atoms with Gasteiger partial charge >= 0.3 is 0 Å². The molecule has 0 bridgehead atoms. The lowest BCUT2D eigenvalue weighted by molar-refractivity contribution is -0.140. The van der Waals surface area contributed by atoms with E-state index in [9.17, 15) is 4.79 Å². The fourth-order valence-electron chi connectivity index (χ4n) is 1.75. The van der Waals surface area contributed by atoms with Gasteiger partial charge in [0.05, 0.1) is 12.6 Å². The molecule has 0 N–H and O–H groups in total. The highest BCUT2D eigenvalue weighted by Gasteiger charge is 2.41. The van der Waals surface area contributed by atoms with Crippen LogP contribution < -0.4 is 0 Å². The Morgan fingerprint density at radius 1 is 1.77 bits per heavy atom. The molecule has 0 spiro atoms. The molecule has 1 atom stereocenters. The Morgan fingerprint density at radius 3 is 2.85 bits per heavy atom. The molecule has 1 aliphatic heterocycles. The first kappa shape index (κ1) is 10.3. The standard InChI is InChI=1S/C10H16NO2/c1-5-6-9-7-13-10(3,4)11(9)8(2)12/h5,9H,1-2,6-7H2,3-4H3/t9-/m0/s1. The predicted molar refractivity (Wildman–Crippen MR) is 50.8 cm³/mol. The van der Waals surface area contributed by atoms with E-state index in [0.717, 1.165) is 6.42 Å². The number of amides is 1. The Bertz CT molecular complexity index is 223. The molecule has 0 unspecified atom stereocenters. The van der Waals surface area contributed by atoms with Crippen molar-refractivity contribution in [3.63, 3.8) is 0 Å². The van der Waals surface area contributed by atoms with E-state index in [1.165, 1.54) is 0 Å². The minimum atomic E-state index is -0.521. The van der Waals surface area contributed by atoms with Crippen LogP contribution in [-0.4, -0.2) is 29.2 Å². The van der Waals surface area contributed by atoms with Gasteiger partial charge in [0.15, 0.2) is 0 Å². The molecular weight excluding hydrogens is 166 g/mol. The Kier molecular flexibility index (Phi) is 2.76. The zero-order chi connectivity index (χ0) is 10.1. The molecule has 1 rings (SSSR count). The van der Waals surface area contributed by atoms with Gasteiger partial charge in [0.2, 0.25) is 5.91 Å². The molecule has 0 aliphatic carbocycles. The highest BCUT2D eigenvalue weighted by atomic mass is 16.5. The van der Waals surface area contributed by atoms with Crippen molar-refractivity contribution in [2.45, 2.75) is 32.0 Å². The molecule has 0 aromatic carbocycles. The van der Waals surface area contributed by atoms with E-state index in [1.807, 2.05) is 13.8 Å². The topological polar surface area (TPSA) is 29.5 Å².